The van der Waals surface area contributed by atoms with Crippen LogP contribution in [-0.2, 0) is 4.79 Å². The maximum absolute atomic E-state index is 13.0. The lowest BCUT2D eigenvalue weighted by Crippen LogP contribution is -2.41. The SMILES string of the molecule is O=C(NC(CC1CC1)C(=O)O)c1nn(-c2ccc(F)cc2)cc1Br. The molecule has 0 bridgehead atoms. The van der Waals surface area contributed by atoms with Crippen LogP contribution in [0, 0.1) is 11.7 Å². The fourth-order valence-electron chi connectivity index (χ4n) is 2.37. The molecule has 3 rings (SSSR count). The van der Waals surface area contributed by atoms with Gasteiger partial charge in [0.2, 0.25) is 0 Å². The van der Waals surface area contributed by atoms with Gasteiger partial charge in [0.15, 0.2) is 5.69 Å². The van der Waals surface area contributed by atoms with Gasteiger partial charge in [-0.2, -0.15) is 5.10 Å². The van der Waals surface area contributed by atoms with E-state index in [4.69, 9.17) is 0 Å². The topological polar surface area (TPSA) is 84.2 Å². The Kier molecular flexibility index (Phi) is 4.66. The zero-order valence-corrected chi connectivity index (χ0v) is 14.2. The minimum absolute atomic E-state index is 0.0846. The van der Waals surface area contributed by atoms with Crippen LogP contribution in [0.25, 0.3) is 5.69 Å². The van der Waals surface area contributed by atoms with Crippen LogP contribution in [0.1, 0.15) is 29.8 Å². The molecule has 8 heteroatoms. The predicted octanol–water partition coefficient (Wildman–Crippen LogP) is 2.76. The summed E-state index contributed by atoms with van der Waals surface area (Å²) >= 11 is 3.25. The summed E-state index contributed by atoms with van der Waals surface area (Å²) in [6, 6.07) is 4.72. The first-order chi connectivity index (χ1) is 11.4. The average Bonchev–Trinajstić information content (AvgIpc) is 3.27. The van der Waals surface area contributed by atoms with Crippen molar-refractivity contribution in [3.63, 3.8) is 0 Å². The molecule has 1 heterocycles. The summed E-state index contributed by atoms with van der Waals surface area (Å²) in [6.07, 6.45) is 4.00. The number of hydrogen-bond donors (Lipinski definition) is 2. The van der Waals surface area contributed by atoms with Gasteiger partial charge in [0.1, 0.15) is 11.9 Å². The van der Waals surface area contributed by atoms with Crippen LogP contribution >= 0.6 is 15.9 Å². The molecule has 2 N–H and O–H groups in total. The van der Waals surface area contributed by atoms with Crippen LogP contribution in [0.15, 0.2) is 34.9 Å². The van der Waals surface area contributed by atoms with E-state index < -0.39 is 17.9 Å². The minimum atomic E-state index is -1.05. The van der Waals surface area contributed by atoms with E-state index in [9.17, 15) is 19.1 Å². The molecule has 0 saturated heterocycles. The Morgan fingerprint density at radius 3 is 2.62 bits per heavy atom. The number of benzene rings is 1. The highest BCUT2D eigenvalue weighted by Crippen LogP contribution is 2.33. The monoisotopic (exact) mass is 395 g/mol. The third kappa shape index (κ3) is 3.81. The maximum atomic E-state index is 13.0. The largest absolute Gasteiger partial charge is 0.480 e. The molecule has 1 aromatic carbocycles. The lowest BCUT2D eigenvalue weighted by atomic mass is 10.1. The highest BCUT2D eigenvalue weighted by Gasteiger charge is 2.31. The van der Waals surface area contributed by atoms with Gasteiger partial charge in [0.05, 0.1) is 10.2 Å². The Morgan fingerprint density at radius 1 is 1.38 bits per heavy atom. The number of nitrogens with zero attached hydrogens (tertiary/aromatic N) is 2. The van der Waals surface area contributed by atoms with Crippen molar-refractivity contribution in [1.29, 1.82) is 0 Å². The molecular formula is C16H15BrFN3O3. The molecular weight excluding hydrogens is 381 g/mol. The lowest BCUT2D eigenvalue weighted by molar-refractivity contribution is -0.139. The molecule has 126 valence electrons. The van der Waals surface area contributed by atoms with E-state index in [0.717, 1.165) is 12.8 Å². The normalized spacial score (nSPS) is 15.1. The van der Waals surface area contributed by atoms with Crippen molar-refractivity contribution in [2.24, 2.45) is 5.92 Å². The molecule has 6 nitrogen and oxygen atoms in total. The quantitative estimate of drug-likeness (QED) is 0.787. The van der Waals surface area contributed by atoms with Gasteiger partial charge >= 0.3 is 5.97 Å². The molecule has 0 radical (unpaired) electrons. The van der Waals surface area contributed by atoms with E-state index in [2.05, 4.69) is 26.3 Å². The van der Waals surface area contributed by atoms with Crippen LogP contribution in [-0.4, -0.2) is 32.8 Å². The van der Waals surface area contributed by atoms with Crippen molar-refractivity contribution in [3.8, 4) is 5.69 Å². The van der Waals surface area contributed by atoms with Gasteiger partial charge in [-0.3, -0.25) is 4.79 Å². The number of amides is 1. The molecule has 0 spiro atoms. The molecule has 1 saturated carbocycles. The van der Waals surface area contributed by atoms with E-state index in [-0.39, 0.29) is 11.5 Å². The van der Waals surface area contributed by atoms with E-state index in [0.29, 0.717) is 22.5 Å². The van der Waals surface area contributed by atoms with Gasteiger partial charge in [0.25, 0.3) is 5.91 Å². The molecule has 2 aromatic rings. The van der Waals surface area contributed by atoms with Crippen LogP contribution in [0.5, 0.6) is 0 Å². The van der Waals surface area contributed by atoms with Gasteiger partial charge in [0, 0.05) is 6.20 Å². The van der Waals surface area contributed by atoms with E-state index >= 15 is 0 Å². The van der Waals surface area contributed by atoms with Crippen LogP contribution < -0.4 is 5.32 Å². The molecule has 1 fully saturated rings. The fourth-order valence-corrected chi connectivity index (χ4v) is 2.82. The highest BCUT2D eigenvalue weighted by molar-refractivity contribution is 9.10. The molecule has 1 aliphatic rings. The summed E-state index contributed by atoms with van der Waals surface area (Å²) in [5.74, 6) is -1.61. The van der Waals surface area contributed by atoms with Gasteiger partial charge in [-0.25, -0.2) is 13.9 Å². The second-order valence-electron chi connectivity index (χ2n) is 5.79. The average molecular weight is 396 g/mol. The number of carboxylic acids is 1. The summed E-state index contributed by atoms with van der Waals surface area (Å²) < 4.78 is 14.8. The third-order valence-corrected chi connectivity index (χ3v) is 4.43. The lowest BCUT2D eigenvalue weighted by Gasteiger charge is -2.13. The van der Waals surface area contributed by atoms with Crippen molar-refractivity contribution in [2.75, 3.05) is 0 Å². The van der Waals surface area contributed by atoms with Crippen LogP contribution in [0.4, 0.5) is 4.39 Å². The zero-order valence-electron chi connectivity index (χ0n) is 12.6. The van der Waals surface area contributed by atoms with E-state index in [1.165, 1.54) is 28.9 Å². The number of carboxylic acid groups (broad SMARTS) is 1. The number of aliphatic carboxylic acids is 1. The molecule has 1 unspecified atom stereocenters. The van der Waals surface area contributed by atoms with Crippen molar-refractivity contribution < 1.29 is 19.1 Å². The summed E-state index contributed by atoms with van der Waals surface area (Å²) in [5.41, 5.74) is 0.672. The molecule has 1 atom stereocenters. The predicted molar refractivity (Wildman–Crippen MR) is 87.5 cm³/mol. The van der Waals surface area contributed by atoms with Gasteiger partial charge in [-0.1, -0.05) is 12.8 Å². The number of halogens is 2. The van der Waals surface area contributed by atoms with Gasteiger partial charge in [-0.15, -0.1) is 0 Å². The summed E-state index contributed by atoms with van der Waals surface area (Å²) in [7, 11) is 0. The molecule has 1 amide bonds. The smallest absolute Gasteiger partial charge is 0.326 e. The van der Waals surface area contributed by atoms with Crippen LogP contribution in [0.3, 0.4) is 0 Å². The summed E-state index contributed by atoms with van der Waals surface area (Å²) in [6.45, 7) is 0. The highest BCUT2D eigenvalue weighted by atomic mass is 79.9. The standard InChI is InChI=1S/C16H15BrFN3O3/c17-12-8-21(11-5-3-10(18)4-6-11)20-14(12)15(22)19-13(16(23)24)7-9-1-2-9/h3-6,8-9,13H,1-2,7H2,(H,19,22)(H,23,24). The van der Waals surface area contributed by atoms with Crippen molar-refractivity contribution in [1.82, 2.24) is 15.1 Å². The number of carbonyl (C=O) groups excluding carboxylic acids is 1. The number of hydrogen-bond acceptors (Lipinski definition) is 3. The zero-order chi connectivity index (χ0) is 17.3. The second kappa shape index (κ2) is 6.72. The molecule has 24 heavy (non-hydrogen) atoms. The number of rotatable bonds is 6. The van der Waals surface area contributed by atoms with Gasteiger partial charge < -0.3 is 10.4 Å². The second-order valence-corrected chi connectivity index (χ2v) is 6.64. The van der Waals surface area contributed by atoms with Gasteiger partial charge in [-0.05, 0) is 52.5 Å². The Hall–Kier alpha value is -2.22. The maximum Gasteiger partial charge on any atom is 0.326 e. The van der Waals surface area contributed by atoms with Crippen molar-refractivity contribution in [2.45, 2.75) is 25.3 Å². The Morgan fingerprint density at radius 2 is 2.04 bits per heavy atom. The number of carbonyl (C=O) groups is 2. The Labute approximate surface area is 145 Å². The third-order valence-electron chi connectivity index (χ3n) is 3.85. The molecule has 1 aliphatic carbocycles. The van der Waals surface area contributed by atoms with E-state index in [1.54, 1.807) is 6.20 Å². The summed E-state index contributed by atoms with van der Waals surface area (Å²) in [4.78, 5) is 23.6. The molecule has 0 aliphatic heterocycles. The first-order valence-electron chi connectivity index (χ1n) is 7.49. The first kappa shape index (κ1) is 16.6. The fraction of sp³-hybridized carbons (Fsp3) is 0.312. The van der Waals surface area contributed by atoms with Crippen LogP contribution in [0.2, 0.25) is 0 Å². The number of nitrogens with one attached hydrogen (secondary N) is 1. The minimum Gasteiger partial charge on any atom is -0.480 e. The Bertz CT molecular complexity index is 771. The summed E-state index contributed by atoms with van der Waals surface area (Å²) in [5, 5.41) is 15.9. The Balaban J connectivity index is 1.77. The van der Waals surface area contributed by atoms with Crippen molar-refractivity contribution in [3.05, 3.63) is 46.4 Å². The number of aromatic nitrogens is 2. The van der Waals surface area contributed by atoms with E-state index in [1.807, 2.05) is 0 Å². The first-order valence-corrected chi connectivity index (χ1v) is 8.28. The van der Waals surface area contributed by atoms with Crippen molar-refractivity contribution >= 4 is 27.8 Å². The molecule has 1 aromatic heterocycles.